The normalized spacial score (nSPS) is 27.9. The highest BCUT2D eigenvalue weighted by Gasteiger charge is 2.36. The molecule has 18 heavy (non-hydrogen) atoms. The summed E-state index contributed by atoms with van der Waals surface area (Å²) in [7, 11) is 2.16. The van der Waals surface area contributed by atoms with E-state index in [-0.39, 0.29) is 12.1 Å². The molecule has 1 fully saturated rings. The van der Waals surface area contributed by atoms with Gasteiger partial charge in [-0.15, -0.1) is 0 Å². The lowest BCUT2D eigenvalue weighted by Gasteiger charge is -2.26. The van der Waals surface area contributed by atoms with Gasteiger partial charge in [-0.1, -0.05) is 30.3 Å². The van der Waals surface area contributed by atoms with Crippen molar-refractivity contribution in [1.29, 1.82) is 0 Å². The molecule has 2 atom stereocenters. The number of benzene rings is 1. The zero-order valence-corrected chi connectivity index (χ0v) is 11.2. The highest BCUT2D eigenvalue weighted by Crippen LogP contribution is 2.30. The number of hydrogen-bond acceptors (Lipinski definition) is 3. The van der Waals surface area contributed by atoms with Crippen LogP contribution in [0.3, 0.4) is 0 Å². The van der Waals surface area contributed by atoms with Gasteiger partial charge in [0.2, 0.25) is 0 Å². The molecule has 0 amide bonds. The van der Waals surface area contributed by atoms with E-state index in [0.717, 1.165) is 32.2 Å². The van der Waals surface area contributed by atoms with Gasteiger partial charge in [-0.3, -0.25) is 0 Å². The largest absolute Gasteiger partial charge is 0.394 e. The Labute approximate surface area is 110 Å². The van der Waals surface area contributed by atoms with Crippen molar-refractivity contribution in [3.63, 3.8) is 0 Å². The van der Waals surface area contributed by atoms with Gasteiger partial charge < -0.3 is 15.7 Å². The van der Waals surface area contributed by atoms with Gasteiger partial charge in [0.25, 0.3) is 0 Å². The van der Waals surface area contributed by atoms with Crippen LogP contribution < -0.4 is 5.73 Å². The number of aliphatic hydroxyl groups is 1. The van der Waals surface area contributed by atoms with Gasteiger partial charge in [-0.05, 0) is 38.3 Å². The minimum Gasteiger partial charge on any atom is -0.394 e. The second-order valence-electron chi connectivity index (χ2n) is 5.63. The van der Waals surface area contributed by atoms with Crippen LogP contribution in [0, 0.1) is 0 Å². The van der Waals surface area contributed by atoms with E-state index in [9.17, 15) is 5.11 Å². The SMILES string of the molecule is CN(CCc1ccccc1)C1CCC(N)(CO)C1. The van der Waals surface area contributed by atoms with E-state index < -0.39 is 0 Å². The number of nitrogens with zero attached hydrogens (tertiary/aromatic N) is 1. The molecule has 1 aromatic rings. The molecule has 0 spiro atoms. The smallest absolute Gasteiger partial charge is 0.0611 e. The predicted molar refractivity (Wildman–Crippen MR) is 74.4 cm³/mol. The van der Waals surface area contributed by atoms with Gasteiger partial charge in [0, 0.05) is 18.1 Å². The van der Waals surface area contributed by atoms with Crippen LogP contribution in [-0.2, 0) is 6.42 Å². The summed E-state index contributed by atoms with van der Waals surface area (Å²) in [5.74, 6) is 0. The zero-order chi connectivity index (χ0) is 13.0. The summed E-state index contributed by atoms with van der Waals surface area (Å²) in [6.45, 7) is 1.16. The number of hydrogen-bond donors (Lipinski definition) is 2. The van der Waals surface area contributed by atoms with E-state index in [0.29, 0.717) is 6.04 Å². The standard InChI is InChI=1S/C15H24N2O/c1-17(10-8-13-5-3-2-4-6-13)14-7-9-15(16,11-14)12-18/h2-6,14,18H,7-12,16H2,1H3. The molecule has 0 radical (unpaired) electrons. The molecule has 0 bridgehead atoms. The third-order valence-electron chi connectivity index (χ3n) is 4.15. The summed E-state index contributed by atoms with van der Waals surface area (Å²) < 4.78 is 0. The van der Waals surface area contributed by atoms with Crippen LogP contribution in [0.4, 0.5) is 0 Å². The highest BCUT2D eigenvalue weighted by molar-refractivity contribution is 5.15. The lowest BCUT2D eigenvalue weighted by Crippen LogP contribution is -2.43. The number of rotatable bonds is 5. The molecule has 3 heteroatoms. The average molecular weight is 248 g/mol. The van der Waals surface area contributed by atoms with Crippen molar-refractivity contribution in [2.75, 3.05) is 20.2 Å². The monoisotopic (exact) mass is 248 g/mol. The van der Waals surface area contributed by atoms with Crippen LogP contribution in [0.5, 0.6) is 0 Å². The Bertz CT molecular complexity index is 368. The molecule has 0 heterocycles. The van der Waals surface area contributed by atoms with Crippen molar-refractivity contribution >= 4 is 0 Å². The number of likely N-dealkylation sites (N-methyl/N-ethyl adjacent to an activating group) is 1. The first-order valence-corrected chi connectivity index (χ1v) is 6.77. The van der Waals surface area contributed by atoms with Crippen LogP contribution in [0.2, 0.25) is 0 Å². The quantitative estimate of drug-likeness (QED) is 0.828. The molecule has 3 nitrogen and oxygen atoms in total. The second-order valence-corrected chi connectivity index (χ2v) is 5.63. The van der Waals surface area contributed by atoms with Crippen molar-refractivity contribution in [2.45, 2.75) is 37.3 Å². The van der Waals surface area contributed by atoms with E-state index >= 15 is 0 Å². The maximum absolute atomic E-state index is 9.29. The van der Waals surface area contributed by atoms with Gasteiger partial charge in [0.1, 0.15) is 0 Å². The van der Waals surface area contributed by atoms with Crippen LogP contribution in [0.15, 0.2) is 30.3 Å². The molecular weight excluding hydrogens is 224 g/mol. The summed E-state index contributed by atoms with van der Waals surface area (Å²) in [5.41, 5.74) is 7.15. The van der Waals surface area contributed by atoms with Crippen LogP contribution in [0.25, 0.3) is 0 Å². The molecule has 100 valence electrons. The van der Waals surface area contributed by atoms with E-state index in [1.165, 1.54) is 5.56 Å². The summed E-state index contributed by atoms with van der Waals surface area (Å²) in [5, 5.41) is 9.29. The van der Waals surface area contributed by atoms with Gasteiger partial charge in [0.15, 0.2) is 0 Å². The highest BCUT2D eigenvalue weighted by atomic mass is 16.3. The van der Waals surface area contributed by atoms with Gasteiger partial charge in [-0.25, -0.2) is 0 Å². The third-order valence-corrected chi connectivity index (χ3v) is 4.15. The fourth-order valence-corrected chi connectivity index (χ4v) is 2.78. The fourth-order valence-electron chi connectivity index (χ4n) is 2.78. The Morgan fingerprint density at radius 3 is 2.72 bits per heavy atom. The molecule has 2 rings (SSSR count). The van der Waals surface area contributed by atoms with Crippen molar-refractivity contribution in [2.24, 2.45) is 5.73 Å². The Balaban J connectivity index is 1.81. The molecule has 2 unspecified atom stereocenters. The van der Waals surface area contributed by atoms with Crippen LogP contribution in [-0.4, -0.2) is 41.8 Å². The summed E-state index contributed by atoms with van der Waals surface area (Å²) in [6.07, 6.45) is 4.02. The topological polar surface area (TPSA) is 49.5 Å². The number of aliphatic hydroxyl groups excluding tert-OH is 1. The lowest BCUT2D eigenvalue weighted by atomic mass is 10.0. The molecule has 1 aliphatic carbocycles. The van der Waals surface area contributed by atoms with Gasteiger partial charge >= 0.3 is 0 Å². The second kappa shape index (κ2) is 5.83. The summed E-state index contributed by atoms with van der Waals surface area (Å²) in [4.78, 5) is 2.39. The van der Waals surface area contributed by atoms with E-state index in [4.69, 9.17) is 5.73 Å². The molecule has 0 saturated heterocycles. The molecule has 0 aromatic heterocycles. The average Bonchev–Trinajstić information content (AvgIpc) is 2.81. The van der Waals surface area contributed by atoms with Crippen molar-refractivity contribution in [1.82, 2.24) is 4.90 Å². The van der Waals surface area contributed by atoms with Gasteiger partial charge in [0.05, 0.1) is 6.61 Å². The van der Waals surface area contributed by atoms with Gasteiger partial charge in [-0.2, -0.15) is 0 Å². The maximum atomic E-state index is 9.29. The first-order chi connectivity index (χ1) is 8.63. The summed E-state index contributed by atoms with van der Waals surface area (Å²) >= 11 is 0. The fraction of sp³-hybridized carbons (Fsp3) is 0.600. The Morgan fingerprint density at radius 1 is 1.39 bits per heavy atom. The predicted octanol–water partition coefficient (Wildman–Crippen LogP) is 1.40. The van der Waals surface area contributed by atoms with Crippen LogP contribution in [0.1, 0.15) is 24.8 Å². The first-order valence-electron chi connectivity index (χ1n) is 6.77. The van der Waals surface area contributed by atoms with Crippen molar-refractivity contribution in [3.8, 4) is 0 Å². The van der Waals surface area contributed by atoms with E-state index in [2.05, 4.69) is 36.2 Å². The number of nitrogens with two attached hydrogens (primary N) is 1. The minimum atomic E-state index is -0.342. The summed E-state index contributed by atoms with van der Waals surface area (Å²) in [6, 6.07) is 11.1. The Kier molecular flexibility index (Phi) is 4.38. The van der Waals surface area contributed by atoms with E-state index in [1.54, 1.807) is 0 Å². The zero-order valence-electron chi connectivity index (χ0n) is 11.2. The van der Waals surface area contributed by atoms with Crippen molar-refractivity contribution < 1.29 is 5.11 Å². The Morgan fingerprint density at radius 2 is 2.11 bits per heavy atom. The molecule has 3 N–H and O–H groups in total. The molecular formula is C15H24N2O. The molecule has 1 aliphatic rings. The molecule has 0 aliphatic heterocycles. The third kappa shape index (κ3) is 3.31. The Hall–Kier alpha value is -0.900. The molecule has 1 saturated carbocycles. The first kappa shape index (κ1) is 13.5. The van der Waals surface area contributed by atoms with E-state index in [1.807, 2.05) is 6.07 Å². The molecule has 1 aromatic carbocycles. The van der Waals surface area contributed by atoms with Crippen LogP contribution >= 0.6 is 0 Å². The minimum absolute atomic E-state index is 0.107. The maximum Gasteiger partial charge on any atom is 0.0611 e. The lowest BCUT2D eigenvalue weighted by molar-refractivity contribution is 0.181. The van der Waals surface area contributed by atoms with Crippen molar-refractivity contribution in [3.05, 3.63) is 35.9 Å².